The van der Waals surface area contributed by atoms with Crippen LogP contribution < -0.4 is 10.6 Å². The molecule has 0 radical (unpaired) electrons. The Morgan fingerprint density at radius 1 is 1.00 bits per heavy atom. The van der Waals surface area contributed by atoms with Gasteiger partial charge in [-0.1, -0.05) is 11.6 Å². The smallest absolute Gasteiger partial charge is 0.266 e. The van der Waals surface area contributed by atoms with Crippen LogP contribution in [0.3, 0.4) is 0 Å². The lowest BCUT2D eigenvalue weighted by molar-refractivity contribution is 0.0924. The van der Waals surface area contributed by atoms with E-state index in [1.54, 1.807) is 0 Å². The molecule has 2 aromatic carbocycles. The molecule has 0 saturated carbocycles. The van der Waals surface area contributed by atoms with Gasteiger partial charge in [-0.2, -0.15) is 0 Å². The van der Waals surface area contributed by atoms with Gasteiger partial charge >= 0.3 is 0 Å². The van der Waals surface area contributed by atoms with Crippen LogP contribution in [-0.4, -0.2) is 11.8 Å². The summed E-state index contributed by atoms with van der Waals surface area (Å²) in [5.74, 6) is -3.48. The SMILES string of the molecule is Nc1ccc2c(c1)C(=O)N(c1c(F)cc(F)cc1Cl)C2=O. The number of carbonyl (C=O) groups excluding carboxylic acids is 2. The maximum Gasteiger partial charge on any atom is 0.266 e. The van der Waals surface area contributed by atoms with Crippen LogP contribution in [0.25, 0.3) is 0 Å². The highest BCUT2D eigenvalue weighted by Gasteiger charge is 2.39. The zero-order chi connectivity index (χ0) is 15.3. The van der Waals surface area contributed by atoms with Crippen LogP contribution in [0, 0.1) is 11.6 Å². The molecule has 0 aliphatic carbocycles. The lowest BCUT2D eigenvalue weighted by atomic mass is 10.1. The Hall–Kier alpha value is -2.47. The summed E-state index contributed by atoms with van der Waals surface area (Å²) in [6.45, 7) is 0. The van der Waals surface area contributed by atoms with Crippen molar-refractivity contribution in [3.63, 3.8) is 0 Å². The van der Waals surface area contributed by atoms with E-state index in [9.17, 15) is 18.4 Å². The number of amides is 2. The minimum Gasteiger partial charge on any atom is -0.399 e. The Morgan fingerprint density at radius 3 is 2.33 bits per heavy atom. The number of anilines is 2. The summed E-state index contributed by atoms with van der Waals surface area (Å²) in [6, 6.07) is 5.54. The quantitative estimate of drug-likeness (QED) is 0.650. The molecule has 4 nitrogen and oxygen atoms in total. The number of carbonyl (C=O) groups is 2. The third-order valence-corrected chi connectivity index (χ3v) is 3.40. The standard InChI is InChI=1S/C14H7ClF2N2O2/c15-10-3-6(16)4-11(17)12(10)19-13(20)8-2-1-7(18)5-9(8)14(19)21/h1-5H,18H2. The molecule has 0 atom stereocenters. The molecule has 106 valence electrons. The van der Waals surface area contributed by atoms with Gasteiger partial charge in [0.2, 0.25) is 0 Å². The molecular formula is C14H7ClF2N2O2. The van der Waals surface area contributed by atoms with E-state index in [0.717, 1.165) is 6.07 Å². The van der Waals surface area contributed by atoms with Crippen LogP contribution >= 0.6 is 11.6 Å². The Morgan fingerprint density at radius 2 is 1.67 bits per heavy atom. The van der Waals surface area contributed by atoms with Crippen molar-refractivity contribution in [3.8, 4) is 0 Å². The maximum absolute atomic E-state index is 13.9. The number of nitrogen functional groups attached to an aromatic ring is 1. The third-order valence-electron chi connectivity index (χ3n) is 3.12. The molecule has 7 heteroatoms. The van der Waals surface area contributed by atoms with Crippen molar-refractivity contribution < 1.29 is 18.4 Å². The predicted octanol–water partition coefficient (Wildman–Crippen LogP) is 3.00. The molecule has 0 spiro atoms. The van der Waals surface area contributed by atoms with E-state index in [1.165, 1.54) is 18.2 Å². The highest BCUT2D eigenvalue weighted by Crippen LogP contribution is 2.36. The zero-order valence-corrected chi connectivity index (χ0v) is 11.1. The summed E-state index contributed by atoms with van der Waals surface area (Å²) >= 11 is 5.77. The minimum atomic E-state index is -1.09. The van der Waals surface area contributed by atoms with E-state index in [1.807, 2.05) is 0 Å². The van der Waals surface area contributed by atoms with Crippen LogP contribution in [0.5, 0.6) is 0 Å². The van der Waals surface area contributed by atoms with Gasteiger partial charge in [0.05, 0.1) is 16.1 Å². The normalized spacial score (nSPS) is 13.8. The fraction of sp³-hybridized carbons (Fsp3) is 0. The summed E-state index contributed by atoms with van der Waals surface area (Å²) in [6.07, 6.45) is 0. The van der Waals surface area contributed by atoms with E-state index in [2.05, 4.69) is 0 Å². The number of halogens is 3. The largest absolute Gasteiger partial charge is 0.399 e. The van der Waals surface area contributed by atoms with Gasteiger partial charge in [-0.05, 0) is 24.3 Å². The number of fused-ring (bicyclic) bond motifs is 1. The van der Waals surface area contributed by atoms with Crippen LogP contribution in [0.15, 0.2) is 30.3 Å². The van der Waals surface area contributed by atoms with E-state index in [4.69, 9.17) is 17.3 Å². The van der Waals surface area contributed by atoms with Gasteiger partial charge < -0.3 is 5.73 Å². The van der Waals surface area contributed by atoms with Crippen molar-refractivity contribution in [2.75, 3.05) is 10.6 Å². The molecule has 21 heavy (non-hydrogen) atoms. The minimum absolute atomic E-state index is 0.0554. The Bertz CT molecular complexity index is 785. The Balaban J connectivity index is 2.19. The summed E-state index contributed by atoms with van der Waals surface area (Å²) in [5, 5.41) is -0.366. The van der Waals surface area contributed by atoms with Gasteiger partial charge in [0.15, 0.2) is 5.82 Å². The topological polar surface area (TPSA) is 63.4 Å². The first-order chi connectivity index (χ1) is 9.90. The van der Waals surface area contributed by atoms with Gasteiger partial charge in [0.1, 0.15) is 11.5 Å². The van der Waals surface area contributed by atoms with Crippen molar-refractivity contribution >= 4 is 34.8 Å². The van der Waals surface area contributed by atoms with Gasteiger partial charge in [-0.3, -0.25) is 9.59 Å². The first kappa shape index (κ1) is 13.5. The third kappa shape index (κ3) is 1.95. The molecule has 3 rings (SSSR count). The highest BCUT2D eigenvalue weighted by atomic mass is 35.5. The summed E-state index contributed by atoms with van der Waals surface area (Å²) < 4.78 is 27.0. The average Bonchev–Trinajstić information content (AvgIpc) is 2.62. The number of hydrogen-bond donors (Lipinski definition) is 1. The van der Waals surface area contributed by atoms with E-state index >= 15 is 0 Å². The van der Waals surface area contributed by atoms with Crippen LogP contribution in [0.1, 0.15) is 20.7 Å². The second-order valence-electron chi connectivity index (χ2n) is 4.47. The molecule has 2 aromatic rings. The van der Waals surface area contributed by atoms with Crippen molar-refractivity contribution in [2.45, 2.75) is 0 Å². The highest BCUT2D eigenvalue weighted by molar-refractivity contribution is 6.39. The molecule has 0 bridgehead atoms. The van der Waals surface area contributed by atoms with Gasteiger partial charge in [-0.15, -0.1) is 0 Å². The molecule has 0 unspecified atom stereocenters. The molecular weight excluding hydrogens is 302 g/mol. The Kier molecular flexibility index (Phi) is 2.91. The lowest BCUT2D eigenvalue weighted by Gasteiger charge is -2.16. The molecule has 0 saturated heterocycles. The lowest BCUT2D eigenvalue weighted by Crippen LogP contribution is -2.30. The van der Waals surface area contributed by atoms with Crippen LogP contribution in [0.2, 0.25) is 5.02 Å². The van der Waals surface area contributed by atoms with Crippen molar-refractivity contribution in [3.05, 3.63) is 58.1 Å². The second-order valence-corrected chi connectivity index (χ2v) is 4.88. The zero-order valence-electron chi connectivity index (χ0n) is 10.4. The molecule has 1 heterocycles. The van der Waals surface area contributed by atoms with Crippen molar-refractivity contribution in [2.24, 2.45) is 0 Å². The second kappa shape index (κ2) is 4.53. The fourth-order valence-electron chi connectivity index (χ4n) is 2.21. The monoisotopic (exact) mass is 308 g/mol. The number of imide groups is 1. The Labute approximate surface area is 122 Å². The van der Waals surface area contributed by atoms with Gasteiger partial charge in [0.25, 0.3) is 11.8 Å². The van der Waals surface area contributed by atoms with E-state index in [0.29, 0.717) is 16.7 Å². The summed E-state index contributed by atoms with van der Waals surface area (Å²) in [5.41, 5.74) is 5.54. The summed E-state index contributed by atoms with van der Waals surface area (Å²) in [4.78, 5) is 25.1. The van der Waals surface area contributed by atoms with Crippen molar-refractivity contribution in [1.82, 2.24) is 0 Å². The van der Waals surface area contributed by atoms with E-state index < -0.39 is 29.1 Å². The van der Waals surface area contributed by atoms with Gasteiger partial charge in [0, 0.05) is 11.8 Å². The summed E-state index contributed by atoms with van der Waals surface area (Å²) in [7, 11) is 0. The molecule has 2 amide bonds. The number of benzene rings is 2. The van der Waals surface area contributed by atoms with Gasteiger partial charge in [-0.25, -0.2) is 13.7 Å². The number of rotatable bonds is 1. The fourth-order valence-corrected chi connectivity index (χ4v) is 2.49. The molecule has 1 aliphatic heterocycles. The van der Waals surface area contributed by atoms with E-state index in [-0.39, 0.29) is 16.1 Å². The first-order valence-corrected chi connectivity index (χ1v) is 6.21. The van der Waals surface area contributed by atoms with Crippen LogP contribution in [0.4, 0.5) is 20.2 Å². The number of nitrogens with two attached hydrogens (primary N) is 1. The predicted molar refractivity (Wildman–Crippen MR) is 73.4 cm³/mol. The van der Waals surface area contributed by atoms with Crippen LogP contribution in [-0.2, 0) is 0 Å². The first-order valence-electron chi connectivity index (χ1n) is 5.83. The maximum atomic E-state index is 13.9. The molecule has 1 aliphatic rings. The van der Waals surface area contributed by atoms with Crippen molar-refractivity contribution in [1.29, 1.82) is 0 Å². The number of nitrogens with zero attached hydrogens (tertiary/aromatic N) is 1. The molecule has 0 fully saturated rings. The number of hydrogen-bond acceptors (Lipinski definition) is 3. The molecule has 2 N–H and O–H groups in total. The molecule has 0 aromatic heterocycles. The average molecular weight is 309 g/mol.